The standard InChI is InChI=1S/C13H15BrN2O/c14-11-6-10(7-12(15)8-11)9-16-4-3-13-2-1-5-17-13/h1-2,5-8,16H,3-4,9,15H2. The summed E-state index contributed by atoms with van der Waals surface area (Å²) < 4.78 is 6.27. The molecule has 1 heterocycles. The Morgan fingerprint density at radius 2 is 2.18 bits per heavy atom. The third-order valence-corrected chi connectivity index (χ3v) is 2.90. The second kappa shape index (κ2) is 5.89. The van der Waals surface area contributed by atoms with Crippen molar-refractivity contribution < 1.29 is 4.42 Å². The maximum atomic E-state index is 5.77. The Morgan fingerprint density at radius 3 is 2.88 bits per heavy atom. The monoisotopic (exact) mass is 294 g/mol. The van der Waals surface area contributed by atoms with E-state index in [0.717, 1.165) is 35.4 Å². The van der Waals surface area contributed by atoms with E-state index >= 15 is 0 Å². The average Bonchev–Trinajstić information content (AvgIpc) is 2.76. The van der Waals surface area contributed by atoms with E-state index in [4.69, 9.17) is 10.2 Å². The minimum atomic E-state index is 0.780. The molecule has 0 unspecified atom stereocenters. The first-order valence-corrected chi connectivity index (χ1v) is 6.31. The first kappa shape index (κ1) is 12.2. The molecule has 0 radical (unpaired) electrons. The van der Waals surface area contributed by atoms with Crippen molar-refractivity contribution in [3.8, 4) is 0 Å². The maximum Gasteiger partial charge on any atom is 0.105 e. The molecule has 17 heavy (non-hydrogen) atoms. The number of benzene rings is 1. The van der Waals surface area contributed by atoms with Gasteiger partial charge in [0.05, 0.1) is 6.26 Å². The third kappa shape index (κ3) is 3.91. The zero-order valence-electron chi connectivity index (χ0n) is 9.45. The van der Waals surface area contributed by atoms with Gasteiger partial charge in [0.25, 0.3) is 0 Å². The van der Waals surface area contributed by atoms with Crippen LogP contribution in [0.5, 0.6) is 0 Å². The van der Waals surface area contributed by atoms with Gasteiger partial charge in [0, 0.05) is 29.7 Å². The lowest BCUT2D eigenvalue weighted by molar-refractivity contribution is 0.499. The van der Waals surface area contributed by atoms with Gasteiger partial charge in [0.15, 0.2) is 0 Å². The van der Waals surface area contributed by atoms with Crippen LogP contribution in [0.25, 0.3) is 0 Å². The lowest BCUT2D eigenvalue weighted by atomic mass is 10.2. The molecule has 0 saturated heterocycles. The van der Waals surface area contributed by atoms with E-state index in [2.05, 4.69) is 27.3 Å². The molecular weight excluding hydrogens is 280 g/mol. The molecule has 0 aliphatic heterocycles. The maximum absolute atomic E-state index is 5.77. The van der Waals surface area contributed by atoms with Crippen molar-refractivity contribution in [3.05, 3.63) is 52.4 Å². The molecule has 2 rings (SSSR count). The van der Waals surface area contributed by atoms with Crippen LogP contribution in [0.15, 0.2) is 45.5 Å². The van der Waals surface area contributed by atoms with E-state index in [0.29, 0.717) is 0 Å². The molecule has 4 heteroatoms. The van der Waals surface area contributed by atoms with Crippen LogP contribution in [0, 0.1) is 0 Å². The molecule has 0 aliphatic rings. The van der Waals surface area contributed by atoms with Crippen LogP contribution in [0.1, 0.15) is 11.3 Å². The molecule has 0 aliphatic carbocycles. The SMILES string of the molecule is Nc1cc(Br)cc(CNCCc2ccco2)c1. The number of hydrogen-bond acceptors (Lipinski definition) is 3. The Hall–Kier alpha value is -1.26. The second-order valence-corrected chi connectivity index (χ2v) is 4.81. The summed E-state index contributed by atoms with van der Waals surface area (Å²) in [6.45, 7) is 1.70. The minimum Gasteiger partial charge on any atom is -0.469 e. The summed E-state index contributed by atoms with van der Waals surface area (Å²) in [6.07, 6.45) is 2.60. The van der Waals surface area contributed by atoms with Crippen LogP contribution >= 0.6 is 15.9 Å². The van der Waals surface area contributed by atoms with Gasteiger partial charge < -0.3 is 15.5 Å². The molecule has 3 nitrogen and oxygen atoms in total. The van der Waals surface area contributed by atoms with Gasteiger partial charge in [-0.05, 0) is 35.9 Å². The van der Waals surface area contributed by atoms with Crippen LogP contribution < -0.4 is 11.1 Å². The molecule has 1 aromatic carbocycles. The Morgan fingerprint density at radius 1 is 1.29 bits per heavy atom. The average molecular weight is 295 g/mol. The molecule has 0 spiro atoms. The van der Waals surface area contributed by atoms with E-state index in [1.54, 1.807) is 6.26 Å². The highest BCUT2D eigenvalue weighted by atomic mass is 79.9. The largest absolute Gasteiger partial charge is 0.469 e. The normalized spacial score (nSPS) is 10.6. The Balaban J connectivity index is 1.78. The van der Waals surface area contributed by atoms with Crippen molar-refractivity contribution >= 4 is 21.6 Å². The molecule has 0 amide bonds. The predicted octanol–water partition coefficient (Wildman–Crippen LogP) is 2.96. The first-order chi connectivity index (χ1) is 8.24. The van der Waals surface area contributed by atoms with Gasteiger partial charge in [-0.2, -0.15) is 0 Å². The zero-order valence-corrected chi connectivity index (χ0v) is 11.0. The highest BCUT2D eigenvalue weighted by Gasteiger charge is 1.98. The fraction of sp³-hybridized carbons (Fsp3) is 0.231. The quantitative estimate of drug-likeness (QED) is 0.658. The summed E-state index contributed by atoms with van der Waals surface area (Å²) in [5.41, 5.74) is 7.73. The van der Waals surface area contributed by atoms with Crippen molar-refractivity contribution in [3.63, 3.8) is 0 Å². The van der Waals surface area contributed by atoms with Gasteiger partial charge in [0.2, 0.25) is 0 Å². The number of nitrogen functional groups attached to an aromatic ring is 1. The van der Waals surface area contributed by atoms with E-state index in [9.17, 15) is 0 Å². The van der Waals surface area contributed by atoms with E-state index in [-0.39, 0.29) is 0 Å². The topological polar surface area (TPSA) is 51.2 Å². The van der Waals surface area contributed by atoms with Crippen molar-refractivity contribution in [2.24, 2.45) is 0 Å². The van der Waals surface area contributed by atoms with E-state index in [1.807, 2.05) is 24.3 Å². The van der Waals surface area contributed by atoms with Gasteiger partial charge in [0.1, 0.15) is 5.76 Å². The molecule has 90 valence electrons. The molecule has 3 N–H and O–H groups in total. The Labute approximate surface area is 109 Å². The van der Waals surface area contributed by atoms with Gasteiger partial charge >= 0.3 is 0 Å². The minimum absolute atomic E-state index is 0.780. The Kier molecular flexibility index (Phi) is 4.23. The van der Waals surface area contributed by atoms with Gasteiger partial charge in [-0.15, -0.1) is 0 Å². The van der Waals surface area contributed by atoms with Gasteiger partial charge in [-0.25, -0.2) is 0 Å². The van der Waals surface area contributed by atoms with Crippen LogP contribution in [0.3, 0.4) is 0 Å². The first-order valence-electron chi connectivity index (χ1n) is 5.52. The highest BCUT2D eigenvalue weighted by Crippen LogP contribution is 2.17. The lowest BCUT2D eigenvalue weighted by Crippen LogP contribution is -2.16. The van der Waals surface area contributed by atoms with Crippen molar-refractivity contribution in [1.82, 2.24) is 5.32 Å². The number of nitrogens with one attached hydrogen (secondary N) is 1. The highest BCUT2D eigenvalue weighted by molar-refractivity contribution is 9.10. The second-order valence-electron chi connectivity index (χ2n) is 3.90. The number of anilines is 1. The molecule has 1 aromatic heterocycles. The van der Waals surface area contributed by atoms with Crippen molar-refractivity contribution in [1.29, 1.82) is 0 Å². The third-order valence-electron chi connectivity index (χ3n) is 2.44. The molecule has 0 fully saturated rings. The summed E-state index contributed by atoms with van der Waals surface area (Å²) in [6, 6.07) is 9.83. The molecular formula is C13H15BrN2O. The van der Waals surface area contributed by atoms with Gasteiger partial charge in [-0.1, -0.05) is 15.9 Å². The van der Waals surface area contributed by atoms with Crippen molar-refractivity contribution in [2.75, 3.05) is 12.3 Å². The van der Waals surface area contributed by atoms with E-state index < -0.39 is 0 Å². The molecule has 2 aromatic rings. The van der Waals surface area contributed by atoms with Crippen LogP contribution in [-0.4, -0.2) is 6.54 Å². The fourth-order valence-corrected chi connectivity index (χ4v) is 2.23. The lowest BCUT2D eigenvalue weighted by Gasteiger charge is -2.05. The number of halogens is 1. The number of rotatable bonds is 5. The van der Waals surface area contributed by atoms with Crippen molar-refractivity contribution in [2.45, 2.75) is 13.0 Å². The Bertz CT molecular complexity index is 448. The zero-order chi connectivity index (χ0) is 12.1. The van der Waals surface area contributed by atoms with Gasteiger partial charge in [-0.3, -0.25) is 0 Å². The summed E-state index contributed by atoms with van der Waals surface area (Å²) in [4.78, 5) is 0. The molecule has 0 atom stereocenters. The van der Waals surface area contributed by atoms with E-state index in [1.165, 1.54) is 5.56 Å². The van der Waals surface area contributed by atoms with Crippen LogP contribution in [-0.2, 0) is 13.0 Å². The van der Waals surface area contributed by atoms with Crippen LogP contribution in [0.4, 0.5) is 5.69 Å². The molecule has 0 bridgehead atoms. The fourth-order valence-electron chi connectivity index (χ4n) is 1.68. The molecule has 0 saturated carbocycles. The van der Waals surface area contributed by atoms with Crippen LogP contribution in [0.2, 0.25) is 0 Å². The number of hydrogen-bond donors (Lipinski definition) is 2. The summed E-state index contributed by atoms with van der Waals surface area (Å²) in [5, 5.41) is 3.36. The number of furan rings is 1. The summed E-state index contributed by atoms with van der Waals surface area (Å²) in [7, 11) is 0. The summed E-state index contributed by atoms with van der Waals surface area (Å²) >= 11 is 3.43. The smallest absolute Gasteiger partial charge is 0.105 e. The number of nitrogens with two attached hydrogens (primary N) is 1. The summed E-state index contributed by atoms with van der Waals surface area (Å²) in [5.74, 6) is 1.01. The predicted molar refractivity (Wildman–Crippen MR) is 72.7 cm³/mol.